The van der Waals surface area contributed by atoms with Gasteiger partial charge in [0.2, 0.25) is 0 Å². The van der Waals surface area contributed by atoms with Crippen LogP contribution in [0.15, 0.2) is 24.5 Å². The van der Waals surface area contributed by atoms with Crippen molar-refractivity contribution in [1.29, 1.82) is 0 Å². The second-order valence-electron chi connectivity index (χ2n) is 1.24. The van der Waals surface area contributed by atoms with E-state index in [1.165, 1.54) is 0 Å². The first-order valence-electron chi connectivity index (χ1n) is 2.03. The number of aromatic nitrogens is 1. The summed E-state index contributed by atoms with van der Waals surface area (Å²) in [4.78, 5) is 2.87. The van der Waals surface area contributed by atoms with Crippen molar-refractivity contribution in [2.75, 3.05) is 0 Å². The summed E-state index contributed by atoms with van der Waals surface area (Å²) in [5.41, 5.74) is 0. The van der Waals surface area contributed by atoms with Crippen LogP contribution in [0.2, 0.25) is 0 Å². The monoisotopic (exact) mass is 308 g/mol. The van der Waals surface area contributed by atoms with Crippen LogP contribution in [0.4, 0.5) is 0 Å². The van der Waals surface area contributed by atoms with Gasteiger partial charge in [-0.3, -0.25) is 0 Å². The molecule has 3 heteroatoms. The number of hydrogen-bond donors (Lipinski definition) is 1. The molecule has 1 radical (unpaired) electrons. The van der Waals surface area contributed by atoms with Crippen LogP contribution in [0.25, 0.3) is 0 Å². The molecule has 0 aliphatic carbocycles. The average molecular weight is 308 g/mol. The van der Waals surface area contributed by atoms with E-state index in [0.29, 0.717) is 0 Å². The predicted molar refractivity (Wildman–Crippen MR) is 31.6 cm³/mol. The van der Waals surface area contributed by atoms with Crippen molar-refractivity contribution in [1.82, 2.24) is 4.98 Å². The summed E-state index contributed by atoms with van der Waals surface area (Å²) in [6.45, 7) is 0. The first kappa shape index (κ1) is 8.11. The molecule has 0 saturated heterocycles. The van der Waals surface area contributed by atoms with E-state index in [2.05, 4.69) is 4.98 Å². The Morgan fingerprint density at radius 3 is 2.00 bits per heavy atom. The SMILES string of the molecule is S=c1cc[nH]cc1.[Au]. The number of rotatable bonds is 0. The van der Waals surface area contributed by atoms with Gasteiger partial charge in [-0.25, -0.2) is 0 Å². The molecule has 1 aromatic heterocycles. The summed E-state index contributed by atoms with van der Waals surface area (Å²) in [7, 11) is 0. The van der Waals surface area contributed by atoms with Gasteiger partial charge >= 0.3 is 0 Å². The van der Waals surface area contributed by atoms with Crippen LogP contribution in [0.3, 0.4) is 0 Å². The van der Waals surface area contributed by atoms with Crippen LogP contribution in [-0.2, 0) is 22.4 Å². The summed E-state index contributed by atoms with van der Waals surface area (Å²) >= 11 is 4.79. The van der Waals surface area contributed by atoms with Gasteiger partial charge < -0.3 is 4.98 Å². The Bertz CT molecular complexity index is 178. The van der Waals surface area contributed by atoms with E-state index in [4.69, 9.17) is 12.2 Å². The maximum Gasteiger partial charge on any atom is 0.0406 e. The van der Waals surface area contributed by atoms with Gasteiger partial charge in [0.1, 0.15) is 0 Å². The molecule has 0 unspecified atom stereocenters. The normalized spacial score (nSPS) is 7.50. The van der Waals surface area contributed by atoms with Crippen LogP contribution >= 0.6 is 12.2 Å². The van der Waals surface area contributed by atoms with Crippen molar-refractivity contribution in [3.05, 3.63) is 29.0 Å². The minimum atomic E-state index is 0. The Morgan fingerprint density at radius 2 is 1.75 bits per heavy atom. The van der Waals surface area contributed by atoms with Crippen LogP contribution in [0, 0.1) is 4.51 Å². The van der Waals surface area contributed by atoms with Crippen LogP contribution < -0.4 is 0 Å². The minimum absolute atomic E-state index is 0. The summed E-state index contributed by atoms with van der Waals surface area (Å²) in [6, 6.07) is 3.69. The number of H-pyrrole nitrogens is 1. The van der Waals surface area contributed by atoms with Gasteiger partial charge in [-0.15, -0.1) is 0 Å². The molecule has 0 bridgehead atoms. The Kier molecular flexibility index (Phi) is 4.09. The zero-order chi connectivity index (χ0) is 5.11. The van der Waals surface area contributed by atoms with Gasteiger partial charge in [0.05, 0.1) is 0 Å². The Morgan fingerprint density at radius 1 is 1.25 bits per heavy atom. The summed E-state index contributed by atoms with van der Waals surface area (Å²) < 4.78 is 0.874. The molecular weight excluding hydrogens is 303 g/mol. The van der Waals surface area contributed by atoms with Crippen LogP contribution in [-0.4, -0.2) is 4.98 Å². The quantitative estimate of drug-likeness (QED) is 0.570. The van der Waals surface area contributed by atoms with Crippen molar-refractivity contribution < 1.29 is 22.4 Å². The summed E-state index contributed by atoms with van der Waals surface area (Å²) in [6.07, 6.45) is 3.62. The molecule has 1 heterocycles. The zero-order valence-electron chi connectivity index (χ0n) is 4.02. The maximum atomic E-state index is 4.79. The van der Waals surface area contributed by atoms with E-state index in [-0.39, 0.29) is 22.4 Å². The molecule has 1 aromatic rings. The van der Waals surface area contributed by atoms with E-state index < -0.39 is 0 Å². The van der Waals surface area contributed by atoms with E-state index in [1.807, 2.05) is 24.5 Å². The fourth-order valence-corrected chi connectivity index (χ4v) is 0.508. The molecule has 0 fully saturated rings. The average Bonchev–Trinajstić information content (AvgIpc) is 1.69. The maximum absolute atomic E-state index is 4.79. The van der Waals surface area contributed by atoms with Gasteiger partial charge in [-0.05, 0) is 12.1 Å². The number of nitrogens with one attached hydrogen (secondary N) is 1. The second kappa shape index (κ2) is 4.04. The molecule has 1 N–H and O–H groups in total. The molecule has 8 heavy (non-hydrogen) atoms. The smallest absolute Gasteiger partial charge is 0.0406 e. The molecule has 0 amide bonds. The predicted octanol–water partition coefficient (Wildman–Crippen LogP) is 1.74. The third-order valence-corrected chi connectivity index (χ3v) is 0.960. The van der Waals surface area contributed by atoms with Gasteiger partial charge in [0.25, 0.3) is 0 Å². The van der Waals surface area contributed by atoms with Gasteiger partial charge in [-0.1, -0.05) is 12.2 Å². The molecule has 0 saturated carbocycles. The zero-order valence-corrected chi connectivity index (χ0v) is 7.00. The molecule has 0 atom stereocenters. The first-order chi connectivity index (χ1) is 3.39. The van der Waals surface area contributed by atoms with E-state index in [9.17, 15) is 0 Å². The Labute approximate surface area is 68.6 Å². The fraction of sp³-hybridized carbons (Fsp3) is 0. The topological polar surface area (TPSA) is 15.8 Å². The molecular formula is C5H5AuNS. The first-order valence-corrected chi connectivity index (χ1v) is 2.43. The van der Waals surface area contributed by atoms with Crippen LogP contribution in [0.1, 0.15) is 0 Å². The molecule has 0 aliphatic rings. The standard InChI is InChI=1S/C5H5NS.Au/c7-5-1-3-6-4-2-5;/h1-4H,(H,6,7);. The van der Waals surface area contributed by atoms with Crippen molar-refractivity contribution >= 4 is 12.2 Å². The fourth-order valence-electron chi connectivity index (χ4n) is 0.372. The molecule has 0 spiro atoms. The molecule has 0 aromatic carbocycles. The largest absolute Gasteiger partial charge is 0.368 e. The van der Waals surface area contributed by atoms with Crippen LogP contribution in [0.5, 0.6) is 0 Å². The van der Waals surface area contributed by atoms with Crippen molar-refractivity contribution in [3.63, 3.8) is 0 Å². The minimum Gasteiger partial charge on any atom is -0.368 e. The molecule has 1 rings (SSSR count). The summed E-state index contributed by atoms with van der Waals surface area (Å²) in [5.74, 6) is 0. The molecule has 1 nitrogen and oxygen atoms in total. The van der Waals surface area contributed by atoms with E-state index >= 15 is 0 Å². The van der Waals surface area contributed by atoms with E-state index in [0.717, 1.165) is 4.51 Å². The Hall–Kier alpha value is 0.110. The van der Waals surface area contributed by atoms with E-state index in [1.54, 1.807) is 0 Å². The number of pyridine rings is 1. The van der Waals surface area contributed by atoms with Gasteiger partial charge in [0, 0.05) is 39.3 Å². The van der Waals surface area contributed by atoms with Gasteiger partial charge in [0.15, 0.2) is 0 Å². The van der Waals surface area contributed by atoms with Crippen molar-refractivity contribution in [2.45, 2.75) is 0 Å². The molecule has 0 aliphatic heterocycles. The third kappa shape index (κ3) is 2.43. The van der Waals surface area contributed by atoms with Crippen molar-refractivity contribution in [2.24, 2.45) is 0 Å². The molecule has 47 valence electrons. The number of hydrogen-bond acceptors (Lipinski definition) is 1. The van der Waals surface area contributed by atoms with Crippen molar-refractivity contribution in [3.8, 4) is 0 Å². The Balaban J connectivity index is 0.000000490. The third-order valence-electron chi connectivity index (χ3n) is 0.688. The second-order valence-corrected chi connectivity index (χ2v) is 1.71. The number of aromatic amines is 1. The summed E-state index contributed by atoms with van der Waals surface area (Å²) in [5, 5.41) is 0. The van der Waals surface area contributed by atoms with Gasteiger partial charge in [-0.2, -0.15) is 0 Å².